The number of carbonyl (C=O) groups is 1. The van der Waals surface area contributed by atoms with Crippen LogP contribution in [0, 0.1) is 0 Å². The summed E-state index contributed by atoms with van der Waals surface area (Å²) in [5, 5.41) is 12.7. The van der Waals surface area contributed by atoms with Gasteiger partial charge in [-0.05, 0) is 43.0 Å². The number of benzene rings is 1. The number of carbonyl (C=O) groups excluding carboxylic acids is 1. The Morgan fingerprint density at radius 1 is 1.58 bits per heavy atom. The second-order valence-electron chi connectivity index (χ2n) is 4.69. The Labute approximate surface area is 118 Å². The van der Waals surface area contributed by atoms with Gasteiger partial charge >= 0.3 is 6.03 Å². The molecule has 0 heterocycles. The highest BCUT2D eigenvalue weighted by molar-refractivity contribution is 6.30. The summed E-state index contributed by atoms with van der Waals surface area (Å²) in [6.07, 6.45) is 1.84. The molecule has 0 radical (unpaired) electrons. The van der Waals surface area contributed by atoms with Crippen LogP contribution < -0.4 is 5.32 Å². The Morgan fingerprint density at radius 3 is 3.05 bits per heavy atom. The summed E-state index contributed by atoms with van der Waals surface area (Å²) in [6, 6.07) is 5.74. The van der Waals surface area contributed by atoms with E-state index in [1.165, 1.54) is 5.56 Å². The van der Waals surface area contributed by atoms with E-state index in [-0.39, 0.29) is 18.7 Å². The summed E-state index contributed by atoms with van der Waals surface area (Å²) in [5.74, 6) is 0. The van der Waals surface area contributed by atoms with Gasteiger partial charge < -0.3 is 15.3 Å². The predicted octanol–water partition coefficient (Wildman–Crippen LogP) is 2.35. The van der Waals surface area contributed by atoms with Crippen LogP contribution in [0.1, 0.15) is 30.5 Å². The molecule has 2 N–H and O–H groups in total. The minimum absolute atomic E-state index is 0.0158. The van der Waals surface area contributed by atoms with E-state index in [1.54, 1.807) is 4.90 Å². The maximum atomic E-state index is 12.1. The quantitative estimate of drug-likeness (QED) is 0.891. The number of rotatable bonds is 4. The Hall–Kier alpha value is -1.26. The van der Waals surface area contributed by atoms with Crippen molar-refractivity contribution in [3.05, 3.63) is 34.3 Å². The molecule has 1 aliphatic carbocycles. The van der Waals surface area contributed by atoms with Crippen LogP contribution in [0.2, 0.25) is 5.02 Å². The molecule has 1 atom stereocenters. The number of nitrogens with zero attached hydrogens (tertiary/aromatic N) is 1. The number of aryl methyl sites for hydroxylation is 1. The molecule has 0 saturated carbocycles. The maximum Gasteiger partial charge on any atom is 0.317 e. The normalized spacial score (nSPS) is 17.1. The van der Waals surface area contributed by atoms with Crippen molar-refractivity contribution < 1.29 is 9.90 Å². The molecular formula is C14H19ClN2O2. The fraction of sp³-hybridized carbons (Fsp3) is 0.500. The molecule has 0 bridgehead atoms. The van der Waals surface area contributed by atoms with E-state index >= 15 is 0 Å². The standard InChI is InChI=1S/C14H19ClN2O2/c1-2-17(7-8-18)14(19)16-13-6-3-10-9-11(15)4-5-12(10)13/h4-5,9,13,18H,2-3,6-8H2,1H3,(H,16,19). The Kier molecular flexibility index (Phi) is 4.66. The summed E-state index contributed by atoms with van der Waals surface area (Å²) in [5.41, 5.74) is 2.36. The third-order valence-electron chi connectivity index (χ3n) is 3.52. The van der Waals surface area contributed by atoms with Crippen LogP contribution in [0.3, 0.4) is 0 Å². The van der Waals surface area contributed by atoms with E-state index in [2.05, 4.69) is 5.32 Å². The molecule has 1 unspecified atom stereocenters. The molecule has 19 heavy (non-hydrogen) atoms. The van der Waals surface area contributed by atoms with E-state index < -0.39 is 0 Å². The SMILES string of the molecule is CCN(CCO)C(=O)NC1CCc2cc(Cl)ccc21. The van der Waals surface area contributed by atoms with Crippen LogP contribution in [0.4, 0.5) is 4.79 Å². The van der Waals surface area contributed by atoms with Gasteiger partial charge in [-0.2, -0.15) is 0 Å². The molecule has 0 aliphatic heterocycles. The van der Waals surface area contributed by atoms with Crippen molar-refractivity contribution in [1.82, 2.24) is 10.2 Å². The fourth-order valence-electron chi connectivity index (χ4n) is 2.50. The smallest absolute Gasteiger partial charge is 0.317 e. The maximum absolute atomic E-state index is 12.1. The number of halogens is 1. The van der Waals surface area contributed by atoms with Crippen molar-refractivity contribution in [2.75, 3.05) is 19.7 Å². The molecule has 0 aromatic heterocycles. The number of hydrogen-bond acceptors (Lipinski definition) is 2. The lowest BCUT2D eigenvalue weighted by molar-refractivity contribution is 0.177. The van der Waals surface area contributed by atoms with Gasteiger partial charge in [0.05, 0.1) is 12.6 Å². The zero-order chi connectivity index (χ0) is 13.8. The average Bonchev–Trinajstić information content (AvgIpc) is 2.78. The number of nitrogens with one attached hydrogen (secondary N) is 1. The van der Waals surface area contributed by atoms with E-state index in [0.29, 0.717) is 13.1 Å². The van der Waals surface area contributed by atoms with Crippen molar-refractivity contribution in [3.63, 3.8) is 0 Å². The molecule has 0 fully saturated rings. The topological polar surface area (TPSA) is 52.6 Å². The molecule has 0 spiro atoms. The number of aliphatic hydroxyl groups is 1. The molecule has 2 rings (SSSR count). The van der Waals surface area contributed by atoms with Gasteiger partial charge in [0.15, 0.2) is 0 Å². The van der Waals surface area contributed by atoms with Gasteiger partial charge in [0.1, 0.15) is 0 Å². The van der Waals surface area contributed by atoms with E-state index in [4.69, 9.17) is 16.7 Å². The number of fused-ring (bicyclic) bond motifs is 1. The number of likely N-dealkylation sites (N-methyl/N-ethyl adjacent to an activating group) is 1. The van der Waals surface area contributed by atoms with Gasteiger partial charge in [-0.15, -0.1) is 0 Å². The molecule has 1 aromatic carbocycles. The van der Waals surface area contributed by atoms with Crippen LogP contribution in [0.5, 0.6) is 0 Å². The lowest BCUT2D eigenvalue weighted by atomic mass is 10.1. The first-order valence-corrected chi connectivity index (χ1v) is 6.98. The third-order valence-corrected chi connectivity index (χ3v) is 3.75. The number of urea groups is 1. The van der Waals surface area contributed by atoms with E-state index in [1.807, 2.05) is 25.1 Å². The molecule has 5 heteroatoms. The highest BCUT2D eigenvalue weighted by Gasteiger charge is 2.25. The average molecular weight is 283 g/mol. The molecular weight excluding hydrogens is 264 g/mol. The Balaban J connectivity index is 2.04. The minimum Gasteiger partial charge on any atom is -0.395 e. The first kappa shape index (κ1) is 14.2. The zero-order valence-corrected chi connectivity index (χ0v) is 11.8. The molecule has 2 amide bonds. The fourth-order valence-corrected chi connectivity index (χ4v) is 2.70. The van der Waals surface area contributed by atoms with Crippen LogP contribution in [0.25, 0.3) is 0 Å². The monoisotopic (exact) mass is 282 g/mol. The van der Waals surface area contributed by atoms with Gasteiger partial charge in [0.25, 0.3) is 0 Å². The summed E-state index contributed by atoms with van der Waals surface area (Å²) in [4.78, 5) is 13.7. The molecule has 4 nitrogen and oxygen atoms in total. The van der Waals surface area contributed by atoms with Crippen LogP contribution in [0.15, 0.2) is 18.2 Å². The lowest BCUT2D eigenvalue weighted by Gasteiger charge is -2.23. The lowest BCUT2D eigenvalue weighted by Crippen LogP contribution is -2.42. The third kappa shape index (κ3) is 3.19. The molecule has 1 aliphatic rings. The van der Waals surface area contributed by atoms with E-state index in [0.717, 1.165) is 23.4 Å². The second-order valence-corrected chi connectivity index (χ2v) is 5.12. The highest BCUT2D eigenvalue weighted by atomic mass is 35.5. The molecule has 0 saturated heterocycles. The largest absolute Gasteiger partial charge is 0.395 e. The molecule has 1 aromatic rings. The van der Waals surface area contributed by atoms with Crippen molar-refractivity contribution >= 4 is 17.6 Å². The Bertz CT molecular complexity index is 465. The van der Waals surface area contributed by atoms with Gasteiger partial charge in [0, 0.05) is 18.1 Å². The summed E-state index contributed by atoms with van der Waals surface area (Å²) in [7, 11) is 0. The summed E-state index contributed by atoms with van der Waals surface area (Å²) >= 11 is 5.97. The van der Waals surface area contributed by atoms with Crippen LogP contribution >= 0.6 is 11.6 Å². The van der Waals surface area contributed by atoms with Gasteiger partial charge in [-0.1, -0.05) is 17.7 Å². The summed E-state index contributed by atoms with van der Waals surface area (Å²) in [6.45, 7) is 2.84. The Morgan fingerprint density at radius 2 is 2.37 bits per heavy atom. The van der Waals surface area contributed by atoms with Crippen molar-refractivity contribution in [3.8, 4) is 0 Å². The van der Waals surface area contributed by atoms with Gasteiger partial charge in [0.2, 0.25) is 0 Å². The number of aliphatic hydroxyl groups excluding tert-OH is 1. The second kappa shape index (κ2) is 6.26. The zero-order valence-electron chi connectivity index (χ0n) is 11.0. The predicted molar refractivity (Wildman–Crippen MR) is 75.4 cm³/mol. The van der Waals surface area contributed by atoms with Gasteiger partial charge in [-0.25, -0.2) is 4.79 Å². The van der Waals surface area contributed by atoms with Gasteiger partial charge in [-0.3, -0.25) is 0 Å². The minimum atomic E-state index is -0.121. The van der Waals surface area contributed by atoms with Crippen molar-refractivity contribution in [2.45, 2.75) is 25.8 Å². The highest BCUT2D eigenvalue weighted by Crippen LogP contribution is 2.32. The number of hydrogen-bond donors (Lipinski definition) is 2. The summed E-state index contributed by atoms with van der Waals surface area (Å²) < 4.78 is 0. The first-order valence-electron chi connectivity index (χ1n) is 6.60. The van der Waals surface area contributed by atoms with Crippen molar-refractivity contribution in [1.29, 1.82) is 0 Å². The van der Waals surface area contributed by atoms with Crippen LogP contribution in [-0.4, -0.2) is 35.7 Å². The van der Waals surface area contributed by atoms with Crippen molar-refractivity contribution in [2.24, 2.45) is 0 Å². The number of amides is 2. The molecule has 104 valence electrons. The van der Waals surface area contributed by atoms with Crippen LogP contribution in [-0.2, 0) is 6.42 Å². The van der Waals surface area contributed by atoms with E-state index in [9.17, 15) is 4.79 Å². The first-order chi connectivity index (χ1) is 9.15.